The Morgan fingerprint density at radius 1 is 0.688 bits per heavy atom. The Hall–Kier alpha value is -0.0800. The van der Waals surface area contributed by atoms with E-state index in [2.05, 4.69) is 18.7 Å². The highest BCUT2D eigenvalue weighted by molar-refractivity contribution is 4.58. The Morgan fingerprint density at radius 3 is 1.75 bits per heavy atom. The summed E-state index contributed by atoms with van der Waals surface area (Å²) in [5.41, 5.74) is 0. The van der Waals surface area contributed by atoms with Gasteiger partial charge in [-0.05, 0) is 32.4 Å². The van der Waals surface area contributed by atoms with E-state index in [1.54, 1.807) is 0 Å². The molecule has 0 saturated carbocycles. The van der Waals surface area contributed by atoms with Gasteiger partial charge in [0.05, 0.1) is 0 Å². The van der Waals surface area contributed by atoms with E-state index in [9.17, 15) is 0 Å². The van der Waals surface area contributed by atoms with Gasteiger partial charge in [0.15, 0.2) is 0 Å². The van der Waals surface area contributed by atoms with Crippen LogP contribution in [-0.4, -0.2) is 36.2 Å². The molecule has 0 aliphatic rings. The van der Waals surface area contributed by atoms with Gasteiger partial charge in [0.2, 0.25) is 0 Å². The highest BCUT2D eigenvalue weighted by Gasteiger charge is 2.03. The first kappa shape index (κ1) is 15.9. The van der Waals surface area contributed by atoms with Crippen LogP contribution in [0.5, 0.6) is 0 Å². The van der Waals surface area contributed by atoms with Crippen molar-refractivity contribution < 1.29 is 5.11 Å². The molecule has 0 aromatic heterocycles. The molecule has 0 fully saturated rings. The summed E-state index contributed by atoms with van der Waals surface area (Å²) in [5.74, 6) is 0. The van der Waals surface area contributed by atoms with E-state index in [4.69, 9.17) is 5.11 Å². The number of rotatable bonds is 12. The summed E-state index contributed by atoms with van der Waals surface area (Å²) in [4.78, 5) is 2.53. The Balaban J connectivity index is 3.54. The third-order valence-corrected chi connectivity index (χ3v) is 3.04. The average Bonchev–Trinajstić information content (AvgIpc) is 2.31. The Kier molecular flexibility index (Phi) is 12.9. The smallest absolute Gasteiger partial charge is 0.0443 e. The second-order valence-electron chi connectivity index (χ2n) is 4.69. The number of hydrogen-bond donors (Lipinski definition) is 1. The molecule has 0 atom stereocenters. The highest BCUT2D eigenvalue weighted by Crippen LogP contribution is 2.04. The molecular weight excluding hydrogens is 198 g/mol. The lowest BCUT2D eigenvalue weighted by Gasteiger charge is -2.21. The maximum absolute atomic E-state index is 8.87. The lowest BCUT2D eigenvalue weighted by atomic mass is 10.2. The molecule has 0 aliphatic carbocycles. The molecule has 0 heterocycles. The van der Waals surface area contributed by atoms with E-state index in [0.717, 1.165) is 13.0 Å². The summed E-state index contributed by atoms with van der Waals surface area (Å²) < 4.78 is 0. The number of hydrogen-bond acceptors (Lipinski definition) is 2. The minimum atomic E-state index is 0.333. The van der Waals surface area contributed by atoms with Gasteiger partial charge < -0.3 is 10.0 Å². The van der Waals surface area contributed by atoms with Gasteiger partial charge in [0, 0.05) is 13.2 Å². The van der Waals surface area contributed by atoms with Crippen molar-refractivity contribution in [3.63, 3.8) is 0 Å². The van der Waals surface area contributed by atoms with Crippen LogP contribution < -0.4 is 0 Å². The Bertz CT molecular complexity index is 128. The van der Waals surface area contributed by atoms with Crippen molar-refractivity contribution in [3.8, 4) is 0 Å². The van der Waals surface area contributed by atoms with Crippen LogP contribution in [-0.2, 0) is 0 Å². The van der Waals surface area contributed by atoms with Crippen molar-refractivity contribution >= 4 is 0 Å². The number of aliphatic hydroxyl groups is 1. The molecular formula is C14H31NO. The van der Waals surface area contributed by atoms with Crippen LogP contribution >= 0.6 is 0 Å². The first-order valence-corrected chi connectivity index (χ1v) is 7.18. The molecule has 0 bridgehead atoms. The largest absolute Gasteiger partial charge is 0.396 e. The first-order chi connectivity index (χ1) is 7.85. The molecule has 2 nitrogen and oxygen atoms in total. The molecule has 0 rings (SSSR count). The minimum Gasteiger partial charge on any atom is -0.396 e. The van der Waals surface area contributed by atoms with Gasteiger partial charge in [-0.15, -0.1) is 0 Å². The first-order valence-electron chi connectivity index (χ1n) is 7.18. The monoisotopic (exact) mass is 229 g/mol. The molecule has 16 heavy (non-hydrogen) atoms. The standard InChI is InChI=1S/C14H31NO/c1-3-5-7-9-12-15(13-10-14-16)11-8-6-4-2/h16H,3-14H2,1-2H3. The van der Waals surface area contributed by atoms with E-state index in [1.807, 2.05) is 0 Å². The molecule has 0 unspecified atom stereocenters. The normalized spacial score (nSPS) is 11.2. The minimum absolute atomic E-state index is 0.333. The van der Waals surface area contributed by atoms with Crippen molar-refractivity contribution in [1.29, 1.82) is 0 Å². The van der Waals surface area contributed by atoms with Crippen LogP contribution in [0.4, 0.5) is 0 Å². The second kappa shape index (κ2) is 13.0. The van der Waals surface area contributed by atoms with Crippen LogP contribution in [0.2, 0.25) is 0 Å². The van der Waals surface area contributed by atoms with E-state index < -0.39 is 0 Å². The summed E-state index contributed by atoms with van der Waals surface area (Å²) in [7, 11) is 0. The lowest BCUT2D eigenvalue weighted by Crippen LogP contribution is -2.27. The van der Waals surface area contributed by atoms with Crippen molar-refractivity contribution in [2.75, 3.05) is 26.2 Å². The summed E-state index contributed by atoms with van der Waals surface area (Å²) >= 11 is 0. The van der Waals surface area contributed by atoms with Crippen LogP contribution in [0.25, 0.3) is 0 Å². The third kappa shape index (κ3) is 10.4. The molecule has 0 aromatic carbocycles. The molecule has 2 heteroatoms. The fourth-order valence-corrected chi connectivity index (χ4v) is 1.98. The fraction of sp³-hybridized carbons (Fsp3) is 1.00. The zero-order valence-corrected chi connectivity index (χ0v) is 11.4. The highest BCUT2D eigenvalue weighted by atomic mass is 16.3. The molecule has 0 radical (unpaired) electrons. The number of aliphatic hydroxyl groups excluding tert-OH is 1. The SMILES string of the molecule is CCCCCCN(CCCO)CCCCC. The molecule has 0 aromatic rings. The van der Waals surface area contributed by atoms with Gasteiger partial charge in [-0.2, -0.15) is 0 Å². The molecule has 0 aliphatic heterocycles. The molecule has 0 saturated heterocycles. The van der Waals surface area contributed by atoms with E-state index in [1.165, 1.54) is 58.0 Å². The topological polar surface area (TPSA) is 23.5 Å². The number of unbranched alkanes of at least 4 members (excludes halogenated alkanes) is 5. The van der Waals surface area contributed by atoms with Crippen LogP contribution in [0.1, 0.15) is 65.2 Å². The average molecular weight is 229 g/mol. The molecule has 0 spiro atoms. The lowest BCUT2D eigenvalue weighted by molar-refractivity contribution is 0.218. The third-order valence-electron chi connectivity index (χ3n) is 3.04. The zero-order chi connectivity index (χ0) is 12.1. The Morgan fingerprint density at radius 2 is 1.19 bits per heavy atom. The molecule has 0 amide bonds. The van der Waals surface area contributed by atoms with Crippen LogP contribution in [0.3, 0.4) is 0 Å². The molecule has 98 valence electrons. The summed E-state index contributed by atoms with van der Waals surface area (Å²) in [6, 6.07) is 0. The van der Waals surface area contributed by atoms with Gasteiger partial charge in [-0.3, -0.25) is 0 Å². The van der Waals surface area contributed by atoms with E-state index >= 15 is 0 Å². The van der Waals surface area contributed by atoms with Gasteiger partial charge in [0.1, 0.15) is 0 Å². The van der Waals surface area contributed by atoms with Crippen molar-refractivity contribution in [2.24, 2.45) is 0 Å². The predicted octanol–water partition coefficient (Wildman–Crippen LogP) is 3.44. The van der Waals surface area contributed by atoms with Gasteiger partial charge in [-0.1, -0.05) is 46.0 Å². The van der Waals surface area contributed by atoms with Crippen molar-refractivity contribution in [3.05, 3.63) is 0 Å². The maximum atomic E-state index is 8.87. The maximum Gasteiger partial charge on any atom is 0.0443 e. The number of nitrogens with zero attached hydrogens (tertiary/aromatic N) is 1. The van der Waals surface area contributed by atoms with Crippen LogP contribution in [0.15, 0.2) is 0 Å². The molecule has 1 N–H and O–H groups in total. The summed E-state index contributed by atoms with van der Waals surface area (Å²) in [6.07, 6.45) is 10.2. The van der Waals surface area contributed by atoms with Gasteiger partial charge in [-0.25, -0.2) is 0 Å². The second-order valence-corrected chi connectivity index (χ2v) is 4.69. The van der Waals surface area contributed by atoms with Gasteiger partial charge >= 0.3 is 0 Å². The summed E-state index contributed by atoms with van der Waals surface area (Å²) in [6.45, 7) is 8.36. The Labute approximate surface area is 102 Å². The zero-order valence-electron chi connectivity index (χ0n) is 11.4. The van der Waals surface area contributed by atoms with Gasteiger partial charge in [0.25, 0.3) is 0 Å². The summed E-state index contributed by atoms with van der Waals surface area (Å²) in [5, 5.41) is 8.87. The predicted molar refractivity (Wildman–Crippen MR) is 71.8 cm³/mol. The van der Waals surface area contributed by atoms with Crippen molar-refractivity contribution in [2.45, 2.75) is 65.2 Å². The fourth-order valence-electron chi connectivity index (χ4n) is 1.98. The van der Waals surface area contributed by atoms with E-state index in [0.29, 0.717) is 6.61 Å². The van der Waals surface area contributed by atoms with Crippen LogP contribution in [0, 0.1) is 0 Å². The van der Waals surface area contributed by atoms with Crippen molar-refractivity contribution in [1.82, 2.24) is 4.90 Å². The quantitative estimate of drug-likeness (QED) is 0.518. The van der Waals surface area contributed by atoms with E-state index in [-0.39, 0.29) is 0 Å².